The first-order chi connectivity index (χ1) is 6.56. The smallest absolute Gasteiger partial charge is 0.0408 e. The zero-order valence-electron chi connectivity index (χ0n) is 7.43. The molecule has 4 N–H and O–H groups in total. The van der Waals surface area contributed by atoms with Crippen LogP contribution < -0.4 is 11.5 Å². The van der Waals surface area contributed by atoms with Crippen LogP contribution in [0.4, 0.5) is 5.69 Å². The molecule has 1 rings (SSSR count). The minimum atomic E-state index is 0.696. The van der Waals surface area contributed by atoms with Crippen LogP contribution in [-0.4, -0.2) is 0 Å². The van der Waals surface area contributed by atoms with Gasteiger partial charge in [0.1, 0.15) is 0 Å². The average Bonchev–Trinajstić information content (AvgIpc) is 2.16. The molecular formula is C10H10Br2N2. The van der Waals surface area contributed by atoms with Gasteiger partial charge < -0.3 is 11.5 Å². The Labute approximate surface area is 99.9 Å². The second-order valence-corrected chi connectivity index (χ2v) is 4.54. The van der Waals surface area contributed by atoms with Crippen molar-refractivity contribution in [2.24, 2.45) is 5.73 Å². The van der Waals surface area contributed by atoms with E-state index >= 15 is 0 Å². The van der Waals surface area contributed by atoms with Crippen molar-refractivity contribution >= 4 is 46.5 Å². The third-order valence-electron chi connectivity index (χ3n) is 1.74. The van der Waals surface area contributed by atoms with Crippen LogP contribution >= 0.6 is 31.9 Å². The molecular weight excluding hydrogens is 308 g/mol. The molecule has 0 aliphatic heterocycles. The quantitative estimate of drug-likeness (QED) is 0.822. The van der Waals surface area contributed by atoms with Crippen LogP contribution in [0.2, 0.25) is 0 Å². The number of nitrogen functional groups attached to an aromatic ring is 1. The lowest BCUT2D eigenvalue weighted by molar-refractivity contribution is 1.56. The third-order valence-corrected chi connectivity index (χ3v) is 2.86. The van der Waals surface area contributed by atoms with Crippen molar-refractivity contribution in [3.8, 4) is 0 Å². The predicted molar refractivity (Wildman–Crippen MR) is 69.9 cm³/mol. The lowest BCUT2D eigenvalue weighted by Gasteiger charge is -2.08. The first-order valence-electron chi connectivity index (χ1n) is 3.88. The SMILES string of the molecule is C=C(Br)c1cc(N)ccc1/C(Br)=C/N. The summed E-state index contributed by atoms with van der Waals surface area (Å²) < 4.78 is 1.59. The summed E-state index contributed by atoms with van der Waals surface area (Å²) in [5.74, 6) is 0. The zero-order chi connectivity index (χ0) is 10.7. The van der Waals surface area contributed by atoms with Gasteiger partial charge in [0.05, 0.1) is 0 Å². The molecule has 2 nitrogen and oxygen atoms in total. The summed E-state index contributed by atoms with van der Waals surface area (Å²) in [5, 5.41) is 0. The molecule has 0 spiro atoms. The van der Waals surface area contributed by atoms with Crippen molar-refractivity contribution in [3.63, 3.8) is 0 Å². The Morgan fingerprint density at radius 2 is 1.93 bits per heavy atom. The molecule has 0 aliphatic carbocycles. The van der Waals surface area contributed by atoms with Crippen LogP contribution in [0.25, 0.3) is 8.96 Å². The summed E-state index contributed by atoms with van der Waals surface area (Å²) in [6.45, 7) is 3.82. The number of anilines is 1. The van der Waals surface area contributed by atoms with Gasteiger partial charge >= 0.3 is 0 Å². The Kier molecular flexibility index (Phi) is 3.77. The summed E-state index contributed by atoms with van der Waals surface area (Å²) in [4.78, 5) is 0. The Morgan fingerprint density at radius 3 is 2.43 bits per heavy atom. The molecule has 0 heterocycles. The Hall–Kier alpha value is -0.740. The van der Waals surface area contributed by atoms with Crippen molar-refractivity contribution < 1.29 is 0 Å². The van der Waals surface area contributed by atoms with Crippen LogP contribution in [0, 0.1) is 0 Å². The summed E-state index contributed by atoms with van der Waals surface area (Å²) in [5.41, 5.74) is 13.7. The number of hydrogen-bond donors (Lipinski definition) is 2. The maximum atomic E-state index is 5.68. The summed E-state index contributed by atoms with van der Waals surface area (Å²) in [7, 11) is 0. The maximum Gasteiger partial charge on any atom is 0.0408 e. The largest absolute Gasteiger partial charge is 0.404 e. The molecule has 0 saturated carbocycles. The summed E-state index contributed by atoms with van der Waals surface area (Å²) >= 11 is 6.69. The summed E-state index contributed by atoms with van der Waals surface area (Å²) in [6.07, 6.45) is 1.49. The van der Waals surface area contributed by atoms with Crippen molar-refractivity contribution in [2.75, 3.05) is 5.73 Å². The van der Waals surface area contributed by atoms with Crippen LogP contribution in [0.1, 0.15) is 11.1 Å². The highest BCUT2D eigenvalue weighted by molar-refractivity contribution is 9.15. The van der Waals surface area contributed by atoms with Gasteiger partial charge in [0, 0.05) is 20.9 Å². The van der Waals surface area contributed by atoms with Crippen LogP contribution in [0.15, 0.2) is 31.0 Å². The van der Waals surface area contributed by atoms with Crippen molar-refractivity contribution in [1.29, 1.82) is 0 Å². The van der Waals surface area contributed by atoms with Gasteiger partial charge in [-0.1, -0.05) is 28.6 Å². The van der Waals surface area contributed by atoms with Gasteiger partial charge in [-0.3, -0.25) is 0 Å². The fourth-order valence-corrected chi connectivity index (χ4v) is 1.76. The van der Waals surface area contributed by atoms with Gasteiger partial charge in [0.25, 0.3) is 0 Å². The molecule has 0 saturated heterocycles. The normalized spacial score (nSPS) is 11.4. The molecule has 0 bridgehead atoms. The maximum absolute atomic E-state index is 5.68. The lowest BCUT2D eigenvalue weighted by Crippen LogP contribution is -1.92. The van der Waals surface area contributed by atoms with E-state index < -0.39 is 0 Å². The highest BCUT2D eigenvalue weighted by Gasteiger charge is 2.07. The molecule has 0 amide bonds. The number of hydrogen-bond acceptors (Lipinski definition) is 2. The first kappa shape index (κ1) is 11.3. The van der Waals surface area contributed by atoms with E-state index in [-0.39, 0.29) is 0 Å². The molecule has 1 aromatic carbocycles. The van der Waals surface area contributed by atoms with Gasteiger partial charge in [-0.05, 0) is 39.2 Å². The van der Waals surface area contributed by atoms with Crippen molar-refractivity contribution in [3.05, 3.63) is 42.1 Å². The average molecular weight is 318 g/mol. The fraction of sp³-hybridized carbons (Fsp3) is 0. The van der Waals surface area contributed by atoms with Crippen LogP contribution in [0.5, 0.6) is 0 Å². The highest BCUT2D eigenvalue weighted by atomic mass is 79.9. The minimum Gasteiger partial charge on any atom is -0.404 e. The molecule has 0 aromatic heterocycles. The van der Waals surface area contributed by atoms with Gasteiger partial charge in [0.2, 0.25) is 0 Å². The second kappa shape index (κ2) is 4.66. The van der Waals surface area contributed by atoms with Gasteiger partial charge in [-0.2, -0.15) is 0 Å². The van der Waals surface area contributed by atoms with Crippen LogP contribution in [-0.2, 0) is 0 Å². The van der Waals surface area contributed by atoms with E-state index in [9.17, 15) is 0 Å². The molecule has 0 aliphatic rings. The Morgan fingerprint density at radius 1 is 1.29 bits per heavy atom. The number of rotatable bonds is 2. The van der Waals surface area contributed by atoms with E-state index in [1.54, 1.807) is 0 Å². The first-order valence-corrected chi connectivity index (χ1v) is 5.47. The molecule has 0 unspecified atom stereocenters. The fourth-order valence-electron chi connectivity index (χ4n) is 1.08. The third kappa shape index (κ3) is 2.39. The second-order valence-electron chi connectivity index (χ2n) is 2.72. The molecule has 4 heteroatoms. The highest BCUT2D eigenvalue weighted by Crippen LogP contribution is 2.31. The van der Waals surface area contributed by atoms with Crippen molar-refractivity contribution in [1.82, 2.24) is 0 Å². The van der Waals surface area contributed by atoms with Crippen LogP contribution in [0.3, 0.4) is 0 Å². The zero-order valence-corrected chi connectivity index (χ0v) is 10.6. The van der Waals surface area contributed by atoms with E-state index in [2.05, 4.69) is 38.4 Å². The molecule has 1 aromatic rings. The lowest BCUT2D eigenvalue weighted by atomic mass is 10.1. The van der Waals surface area contributed by atoms with Gasteiger partial charge in [0.15, 0.2) is 0 Å². The topological polar surface area (TPSA) is 52.0 Å². The molecule has 74 valence electrons. The monoisotopic (exact) mass is 316 g/mol. The van der Waals surface area contributed by atoms with Gasteiger partial charge in [-0.25, -0.2) is 0 Å². The molecule has 0 fully saturated rings. The molecule has 0 radical (unpaired) electrons. The Bertz CT molecular complexity index is 397. The number of benzene rings is 1. The predicted octanol–water partition coefficient (Wildman–Crippen LogP) is 3.29. The van der Waals surface area contributed by atoms with E-state index in [1.807, 2.05) is 18.2 Å². The molecule has 0 atom stereocenters. The number of nitrogens with two attached hydrogens (primary N) is 2. The van der Waals surface area contributed by atoms with E-state index in [4.69, 9.17) is 11.5 Å². The Balaban J connectivity index is 3.36. The van der Waals surface area contributed by atoms with E-state index in [0.717, 1.165) is 20.1 Å². The van der Waals surface area contributed by atoms with E-state index in [1.165, 1.54) is 6.20 Å². The van der Waals surface area contributed by atoms with E-state index in [0.29, 0.717) is 5.69 Å². The van der Waals surface area contributed by atoms with Crippen molar-refractivity contribution in [2.45, 2.75) is 0 Å². The van der Waals surface area contributed by atoms with Gasteiger partial charge in [-0.15, -0.1) is 0 Å². The standard InChI is InChI=1S/C10H10Br2N2/c1-6(11)9-4-7(14)2-3-8(9)10(12)5-13/h2-5H,1,13-14H2/b10-5-. The molecule has 14 heavy (non-hydrogen) atoms. The summed E-state index contributed by atoms with van der Waals surface area (Å²) in [6, 6.07) is 5.56. The number of halogens is 2. The minimum absolute atomic E-state index is 0.696.